The van der Waals surface area contributed by atoms with Crippen LogP contribution in [0, 0.1) is 6.92 Å². The van der Waals surface area contributed by atoms with Gasteiger partial charge in [-0.3, -0.25) is 10.1 Å². The second kappa shape index (κ2) is 3.59. The van der Waals surface area contributed by atoms with Gasteiger partial charge in [-0.2, -0.15) is 0 Å². The van der Waals surface area contributed by atoms with Crippen LogP contribution in [-0.2, 0) is 4.79 Å². The smallest absolute Gasteiger partial charge is 0.246 e. The lowest BCUT2D eigenvalue weighted by Gasteiger charge is -2.29. The molecule has 3 heteroatoms. The van der Waals surface area contributed by atoms with Crippen LogP contribution < -0.4 is 10.6 Å². The molecule has 0 radical (unpaired) electrons. The van der Waals surface area contributed by atoms with Crippen molar-refractivity contribution in [3.63, 3.8) is 0 Å². The molecule has 1 heterocycles. The number of hydrogen-bond donors (Lipinski definition) is 2. The number of benzene rings is 1. The summed E-state index contributed by atoms with van der Waals surface area (Å²) in [4.78, 5) is 11.9. The molecule has 1 amide bonds. The molecule has 1 unspecified atom stereocenters. The molecule has 2 N–H and O–H groups in total. The van der Waals surface area contributed by atoms with Crippen LogP contribution in [0.3, 0.4) is 0 Å². The van der Waals surface area contributed by atoms with Crippen LogP contribution in [0.1, 0.15) is 36.4 Å². The molecule has 0 bridgehead atoms. The van der Waals surface area contributed by atoms with Crippen molar-refractivity contribution in [2.75, 3.05) is 5.32 Å². The minimum Gasteiger partial charge on any atom is -0.324 e. The van der Waals surface area contributed by atoms with Crippen LogP contribution in [-0.4, -0.2) is 11.9 Å². The zero-order valence-electron chi connectivity index (χ0n) is 9.42. The van der Waals surface area contributed by atoms with Gasteiger partial charge < -0.3 is 5.32 Å². The summed E-state index contributed by atoms with van der Waals surface area (Å²) in [5, 5.41) is 6.40. The third kappa shape index (κ3) is 1.43. The van der Waals surface area contributed by atoms with Gasteiger partial charge in [0, 0.05) is 17.3 Å². The molecule has 0 aromatic heterocycles. The average Bonchev–Trinajstić information content (AvgIpc) is 2.51. The van der Waals surface area contributed by atoms with E-state index in [1.807, 2.05) is 25.1 Å². The number of anilines is 1. The quantitative estimate of drug-likeness (QED) is 0.795. The van der Waals surface area contributed by atoms with Crippen LogP contribution in [0.2, 0.25) is 0 Å². The maximum absolute atomic E-state index is 11.9. The highest BCUT2D eigenvalue weighted by Gasteiger charge is 2.33. The summed E-state index contributed by atoms with van der Waals surface area (Å²) in [6.07, 6.45) is 3.68. The van der Waals surface area contributed by atoms with Crippen molar-refractivity contribution in [2.24, 2.45) is 0 Å². The highest BCUT2D eigenvalue weighted by Crippen LogP contribution is 2.34. The van der Waals surface area contributed by atoms with Gasteiger partial charge >= 0.3 is 0 Å². The van der Waals surface area contributed by atoms with E-state index in [1.54, 1.807) is 0 Å². The number of fused-ring (bicyclic) bond motifs is 1. The summed E-state index contributed by atoms with van der Waals surface area (Å²) in [6, 6.07) is 6.48. The maximum Gasteiger partial charge on any atom is 0.246 e. The molecule has 0 saturated heterocycles. The van der Waals surface area contributed by atoms with Crippen LogP contribution in [0.5, 0.6) is 0 Å². The Morgan fingerprint density at radius 2 is 2.19 bits per heavy atom. The van der Waals surface area contributed by atoms with Crippen molar-refractivity contribution in [1.82, 2.24) is 5.32 Å². The zero-order valence-corrected chi connectivity index (χ0v) is 9.42. The lowest BCUT2D eigenvalue weighted by Crippen LogP contribution is -2.40. The van der Waals surface area contributed by atoms with Gasteiger partial charge in [0.1, 0.15) is 6.04 Å². The molecule has 1 aromatic carbocycles. The first kappa shape index (κ1) is 9.85. The number of aryl methyl sites for hydroxylation is 1. The number of hydrogen-bond acceptors (Lipinski definition) is 2. The topological polar surface area (TPSA) is 41.1 Å². The van der Waals surface area contributed by atoms with E-state index in [-0.39, 0.29) is 11.9 Å². The van der Waals surface area contributed by atoms with Crippen molar-refractivity contribution in [3.8, 4) is 0 Å². The summed E-state index contributed by atoms with van der Waals surface area (Å²) in [6.45, 7) is 2.03. The second-order valence-corrected chi connectivity index (χ2v) is 4.76. The number of para-hydroxylation sites is 1. The summed E-state index contributed by atoms with van der Waals surface area (Å²) in [7, 11) is 0. The van der Waals surface area contributed by atoms with E-state index in [2.05, 4.69) is 10.6 Å². The summed E-state index contributed by atoms with van der Waals surface area (Å²) in [5.74, 6) is 0.0937. The van der Waals surface area contributed by atoms with E-state index in [9.17, 15) is 4.79 Å². The first-order chi connectivity index (χ1) is 7.75. The van der Waals surface area contributed by atoms with E-state index in [0.717, 1.165) is 16.8 Å². The normalized spacial score (nSPS) is 23.8. The number of rotatable bonds is 2. The van der Waals surface area contributed by atoms with Gasteiger partial charge in [-0.15, -0.1) is 0 Å². The lowest BCUT2D eigenvalue weighted by molar-refractivity contribution is -0.118. The molecule has 1 aliphatic heterocycles. The Hall–Kier alpha value is -1.35. The fraction of sp³-hybridized carbons (Fsp3) is 0.462. The van der Waals surface area contributed by atoms with Gasteiger partial charge in [-0.05, 0) is 25.3 Å². The predicted octanol–water partition coefficient (Wildman–Crippen LogP) is 2.13. The van der Waals surface area contributed by atoms with Crippen molar-refractivity contribution in [2.45, 2.75) is 38.3 Å². The zero-order chi connectivity index (χ0) is 11.1. The molecule has 1 saturated carbocycles. The van der Waals surface area contributed by atoms with Gasteiger partial charge in [-0.1, -0.05) is 24.6 Å². The highest BCUT2D eigenvalue weighted by atomic mass is 16.2. The molecule has 1 atom stereocenters. The third-order valence-corrected chi connectivity index (χ3v) is 3.63. The van der Waals surface area contributed by atoms with Gasteiger partial charge in [-0.25, -0.2) is 0 Å². The SMILES string of the molecule is Cc1cccc2c1NC(=O)C2NC1CCC1. The monoisotopic (exact) mass is 216 g/mol. The van der Waals surface area contributed by atoms with Crippen LogP contribution >= 0.6 is 0 Å². The molecular formula is C13H16N2O. The number of carbonyl (C=O) groups is 1. The minimum absolute atomic E-state index is 0.0937. The van der Waals surface area contributed by atoms with Crippen LogP contribution in [0.4, 0.5) is 5.69 Å². The van der Waals surface area contributed by atoms with E-state index < -0.39 is 0 Å². The van der Waals surface area contributed by atoms with Crippen molar-refractivity contribution in [1.29, 1.82) is 0 Å². The highest BCUT2D eigenvalue weighted by molar-refractivity contribution is 6.03. The van der Waals surface area contributed by atoms with E-state index in [1.165, 1.54) is 19.3 Å². The Bertz CT molecular complexity index is 438. The lowest BCUT2D eigenvalue weighted by atomic mass is 9.91. The molecule has 1 aliphatic carbocycles. The Balaban J connectivity index is 1.89. The fourth-order valence-corrected chi connectivity index (χ4v) is 2.41. The molecule has 1 fully saturated rings. The van der Waals surface area contributed by atoms with Gasteiger partial charge in [0.2, 0.25) is 5.91 Å². The largest absolute Gasteiger partial charge is 0.324 e. The molecular weight excluding hydrogens is 200 g/mol. The standard InChI is InChI=1S/C13H16N2O/c1-8-4-2-7-10-11(8)15-13(16)12(10)14-9-5-3-6-9/h2,4,7,9,12,14H,3,5-6H2,1H3,(H,15,16). The molecule has 0 spiro atoms. The Morgan fingerprint density at radius 3 is 2.88 bits per heavy atom. The predicted molar refractivity (Wildman–Crippen MR) is 63.3 cm³/mol. The number of carbonyl (C=O) groups excluding carboxylic acids is 1. The molecule has 84 valence electrons. The Morgan fingerprint density at radius 1 is 1.38 bits per heavy atom. The van der Waals surface area contributed by atoms with Gasteiger partial charge in [0.05, 0.1) is 0 Å². The number of nitrogens with one attached hydrogen (secondary N) is 2. The van der Waals surface area contributed by atoms with Gasteiger partial charge in [0.25, 0.3) is 0 Å². The molecule has 1 aromatic rings. The summed E-state index contributed by atoms with van der Waals surface area (Å²) >= 11 is 0. The van der Waals surface area contributed by atoms with Crippen molar-refractivity contribution >= 4 is 11.6 Å². The first-order valence-electron chi connectivity index (χ1n) is 5.92. The summed E-state index contributed by atoms with van der Waals surface area (Å²) < 4.78 is 0. The van der Waals surface area contributed by atoms with Crippen molar-refractivity contribution in [3.05, 3.63) is 29.3 Å². The molecule has 3 nitrogen and oxygen atoms in total. The molecule has 2 aliphatic rings. The Kier molecular flexibility index (Phi) is 2.21. The van der Waals surface area contributed by atoms with E-state index in [4.69, 9.17) is 0 Å². The van der Waals surface area contributed by atoms with Crippen LogP contribution in [0.25, 0.3) is 0 Å². The first-order valence-corrected chi connectivity index (χ1v) is 5.92. The van der Waals surface area contributed by atoms with Gasteiger partial charge in [0.15, 0.2) is 0 Å². The third-order valence-electron chi connectivity index (χ3n) is 3.63. The van der Waals surface area contributed by atoms with E-state index in [0.29, 0.717) is 6.04 Å². The van der Waals surface area contributed by atoms with E-state index >= 15 is 0 Å². The molecule has 16 heavy (non-hydrogen) atoms. The number of amides is 1. The minimum atomic E-state index is -0.139. The summed E-state index contributed by atoms with van der Waals surface area (Å²) in [5.41, 5.74) is 3.25. The average molecular weight is 216 g/mol. The van der Waals surface area contributed by atoms with Crippen molar-refractivity contribution < 1.29 is 4.79 Å². The fourth-order valence-electron chi connectivity index (χ4n) is 2.41. The molecule has 3 rings (SSSR count). The Labute approximate surface area is 95.2 Å². The van der Waals surface area contributed by atoms with Crippen LogP contribution in [0.15, 0.2) is 18.2 Å². The maximum atomic E-state index is 11.9. The second-order valence-electron chi connectivity index (χ2n) is 4.76.